The highest BCUT2D eigenvalue weighted by atomic mass is 79.9. The smallest absolute Gasteiger partial charge is 0.253 e. The monoisotopic (exact) mass is 423 g/mol. The number of thioether (sulfide) groups is 1. The minimum absolute atomic E-state index is 0.0728. The van der Waals surface area contributed by atoms with E-state index in [9.17, 15) is 9.18 Å². The molecule has 0 fully saturated rings. The summed E-state index contributed by atoms with van der Waals surface area (Å²) in [4.78, 5) is 20.7. The standard InChI is InChI=1S/C16H15BrFN5OS/c1-8-9(2)19-15-21-16(22-23(15)10(8)3)25-7-14(24)20-13-5-4-11(17)6-12(13)18/h4-6H,7H2,1-3H3,(H,20,24). The molecule has 3 rings (SSSR count). The number of carbonyl (C=O) groups excluding carboxylic acids is 1. The fourth-order valence-corrected chi connectivity index (χ4v) is 3.16. The molecule has 9 heteroatoms. The zero-order valence-electron chi connectivity index (χ0n) is 13.8. The van der Waals surface area contributed by atoms with Crippen molar-refractivity contribution in [1.82, 2.24) is 19.6 Å². The maximum atomic E-state index is 13.7. The molecule has 0 atom stereocenters. The molecular formula is C16H15BrFN5OS. The SMILES string of the molecule is Cc1nc2nc(SCC(=O)Nc3ccc(Br)cc3F)nn2c(C)c1C. The highest BCUT2D eigenvalue weighted by Gasteiger charge is 2.13. The van der Waals surface area contributed by atoms with Crippen LogP contribution < -0.4 is 5.32 Å². The summed E-state index contributed by atoms with van der Waals surface area (Å²) < 4.78 is 16.0. The van der Waals surface area contributed by atoms with Crippen LogP contribution in [-0.4, -0.2) is 31.2 Å². The molecule has 0 saturated heterocycles. The van der Waals surface area contributed by atoms with E-state index in [1.165, 1.54) is 23.9 Å². The predicted octanol–water partition coefficient (Wildman–Crippen LogP) is 3.68. The highest BCUT2D eigenvalue weighted by Crippen LogP contribution is 2.21. The molecular weight excluding hydrogens is 409 g/mol. The van der Waals surface area contributed by atoms with Gasteiger partial charge in [0.25, 0.3) is 5.78 Å². The Balaban J connectivity index is 1.70. The Labute approximate surface area is 156 Å². The van der Waals surface area contributed by atoms with Crippen molar-refractivity contribution >= 4 is 45.1 Å². The van der Waals surface area contributed by atoms with Gasteiger partial charge in [0.1, 0.15) is 5.82 Å². The van der Waals surface area contributed by atoms with Crippen LogP contribution in [0, 0.1) is 26.6 Å². The van der Waals surface area contributed by atoms with E-state index in [2.05, 4.69) is 36.3 Å². The van der Waals surface area contributed by atoms with Gasteiger partial charge in [0, 0.05) is 15.9 Å². The summed E-state index contributed by atoms with van der Waals surface area (Å²) in [5.41, 5.74) is 3.05. The molecule has 3 aromatic rings. The van der Waals surface area contributed by atoms with Gasteiger partial charge < -0.3 is 5.32 Å². The first-order chi connectivity index (χ1) is 11.8. The number of rotatable bonds is 4. The third-order valence-electron chi connectivity index (χ3n) is 3.78. The van der Waals surface area contributed by atoms with E-state index in [1.54, 1.807) is 10.6 Å². The Bertz CT molecular complexity index is 975. The average molecular weight is 424 g/mol. The zero-order chi connectivity index (χ0) is 18.1. The first-order valence-electron chi connectivity index (χ1n) is 7.43. The van der Waals surface area contributed by atoms with Crippen LogP contribution in [-0.2, 0) is 4.79 Å². The third-order valence-corrected chi connectivity index (χ3v) is 5.11. The summed E-state index contributed by atoms with van der Waals surface area (Å²) in [7, 11) is 0. The molecule has 6 nitrogen and oxygen atoms in total. The summed E-state index contributed by atoms with van der Waals surface area (Å²) >= 11 is 4.35. The molecule has 0 aliphatic heterocycles. The molecule has 0 bridgehead atoms. The number of anilines is 1. The van der Waals surface area contributed by atoms with Gasteiger partial charge in [-0.05, 0) is 44.5 Å². The van der Waals surface area contributed by atoms with Crippen LogP contribution in [0.1, 0.15) is 17.0 Å². The number of hydrogen-bond acceptors (Lipinski definition) is 5. The first-order valence-corrected chi connectivity index (χ1v) is 9.21. The van der Waals surface area contributed by atoms with Gasteiger partial charge in [0.15, 0.2) is 0 Å². The second kappa shape index (κ2) is 7.09. The van der Waals surface area contributed by atoms with Gasteiger partial charge in [0.05, 0.1) is 11.4 Å². The summed E-state index contributed by atoms with van der Waals surface area (Å²) in [6, 6.07) is 4.46. The van der Waals surface area contributed by atoms with Crippen LogP contribution in [0.3, 0.4) is 0 Å². The van der Waals surface area contributed by atoms with E-state index in [1.807, 2.05) is 20.8 Å². The quantitative estimate of drug-likeness (QED) is 0.647. The molecule has 130 valence electrons. The van der Waals surface area contributed by atoms with Crippen molar-refractivity contribution in [2.24, 2.45) is 0 Å². The molecule has 1 aromatic carbocycles. The van der Waals surface area contributed by atoms with E-state index in [-0.39, 0.29) is 17.3 Å². The van der Waals surface area contributed by atoms with Crippen LogP contribution in [0.15, 0.2) is 27.8 Å². The summed E-state index contributed by atoms with van der Waals surface area (Å²) in [6.07, 6.45) is 0. The maximum Gasteiger partial charge on any atom is 0.253 e. The fourth-order valence-electron chi connectivity index (χ4n) is 2.21. The minimum atomic E-state index is -0.496. The van der Waals surface area contributed by atoms with Crippen LogP contribution in [0.2, 0.25) is 0 Å². The fraction of sp³-hybridized carbons (Fsp3) is 0.250. The van der Waals surface area contributed by atoms with Crippen LogP contribution >= 0.6 is 27.7 Å². The van der Waals surface area contributed by atoms with Crippen LogP contribution in [0.25, 0.3) is 5.78 Å². The maximum absolute atomic E-state index is 13.7. The van der Waals surface area contributed by atoms with E-state index in [0.29, 0.717) is 15.4 Å². The number of amides is 1. The van der Waals surface area contributed by atoms with Crippen molar-refractivity contribution < 1.29 is 9.18 Å². The van der Waals surface area contributed by atoms with Crippen LogP contribution in [0.4, 0.5) is 10.1 Å². The normalized spacial score (nSPS) is 11.1. The first kappa shape index (κ1) is 17.8. The van der Waals surface area contributed by atoms with Gasteiger partial charge >= 0.3 is 0 Å². The molecule has 0 aliphatic rings. The minimum Gasteiger partial charge on any atom is -0.323 e. The largest absolute Gasteiger partial charge is 0.323 e. The van der Waals surface area contributed by atoms with E-state index in [0.717, 1.165) is 17.0 Å². The lowest BCUT2D eigenvalue weighted by atomic mass is 10.2. The topological polar surface area (TPSA) is 72.2 Å². The number of aromatic nitrogens is 4. The zero-order valence-corrected chi connectivity index (χ0v) is 16.2. The molecule has 0 radical (unpaired) electrons. The summed E-state index contributed by atoms with van der Waals surface area (Å²) in [6.45, 7) is 5.85. The Morgan fingerprint density at radius 2 is 2.08 bits per heavy atom. The van der Waals surface area contributed by atoms with Crippen molar-refractivity contribution in [1.29, 1.82) is 0 Å². The van der Waals surface area contributed by atoms with E-state index in [4.69, 9.17) is 0 Å². The van der Waals surface area contributed by atoms with Crippen LogP contribution in [0.5, 0.6) is 0 Å². The third kappa shape index (κ3) is 3.82. The molecule has 25 heavy (non-hydrogen) atoms. The Hall–Kier alpha value is -2.00. The number of nitrogens with zero attached hydrogens (tertiary/aromatic N) is 4. The van der Waals surface area contributed by atoms with Crippen molar-refractivity contribution in [2.75, 3.05) is 11.1 Å². The van der Waals surface area contributed by atoms with Crippen molar-refractivity contribution in [3.05, 3.63) is 45.4 Å². The van der Waals surface area contributed by atoms with E-state index < -0.39 is 5.82 Å². The lowest BCUT2D eigenvalue weighted by Gasteiger charge is -2.05. The second-order valence-electron chi connectivity index (χ2n) is 5.47. The highest BCUT2D eigenvalue weighted by molar-refractivity contribution is 9.10. The van der Waals surface area contributed by atoms with Crippen molar-refractivity contribution in [3.63, 3.8) is 0 Å². The van der Waals surface area contributed by atoms with Gasteiger partial charge in [0.2, 0.25) is 11.1 Å². The van der Waals surface area contributed by atoms with Crippen molar-refractivity contribution in [3.8, 4) is 0 Å². The Morgan fingerprint density at radius 1 is 1.32 bits per heavy atom. The molecule has 0 aliphatic carbocycles. The van der Waals surface area contributed by atoms with Gasteiger partial charge in [-0.3, -0.25) is 4.79 Å². The van der Waals surface area contributed by atoms with Gasteiger partial charge in [-0.15, -0.1) is 5.10 Å². The number of fused-ring (bicyclic) bond motifs is 1. The van der Waals surface area contributed by atoms with Gasteiger partial charge in [-0.1, -0.05) is 27.7 Å². The molecule has 1 N–H and O–H groups in total. The summed E-state index contributed by atoms with van der Waals surface area (Å²) in [5.74, 6) is -0.252. The number of hydrogen-bond donors (Lipinski definition) is 1. The average Bonchev–Trinajstić information content (AvgIpc) is 2.96. The summed E-state index contributed by atoms with van der Waals surface area (Å²) in [5, 5.41) is 7.36. The lowest BCUT2D eigenvalue weighted by molar-refractivity contribution is -0.113. The lowest BCUT2D eigenvalue weighted by Crippen LogP contribution is -2.15. The van der Waals surface area contributed by atoms with E-state index >= 15 is 0 Å². The number of halogens is 2. The molecule has 0 spiro atoms. The number of benzene rings is 1. The number of aryl methyl sites for hydroxylation is 2. The Kier molecular flexibility index (Phi) is 5.05. The molecule has 0 unspecified atom stereocenters. The molecule has 2 aromatic heterocycles. The predicted molar refractivity (Wildman–Crippen MR) is 98.4 cm³/mol. The number of carbonyl (C=O) groups is 1. The van der Waals surface area contributed by atoms with Crippen molar-refractivity contribution in [2.45, 2.75) is 25.9 Å². The van der Waals surface area contributed by atoms with Gasteiger partial charge in [-0.25, -0.2) is 13.9 Å². The molecule has 1 amide bonds. The molecule has 2 heterocycles. The molecule has 0 saturated carbocycles. The van der Waals surface area contributed by atoms with Gasteiger partial charge in [-0.2, -0.15) is 4.98 Å². The number of nitrogens with one attached hydrogen (secondary N) is 1. The second-order valence-corrected chi connectivity index (χ2v) is 7.33. The Morgan fingerprint density at radius 3 is 2.80 bits per heavy atom.